The van der Waals surface area contributed by atoms with Gasteiger partial charge in [0.15, 0.2) is 0 Å². The van der Waals surface area contributed by atoms with Gasteiger partial charge in [-0.3, -0.25) is 10.5 Å². The van der Waals surface area contributed by atoms with E-state index >= 15 is 0 Å². The minimum atomic E-state index is -0.358. The normalized spacial score (nSPS) is 20.9. The van der Waals surface area contributed by atoms with Gasteiger partial charge in [0.05, 0.1) is 28.0 Å². The van der Waals surface area contributed by atoms with Crippen LogP contribution in [0.2, 0.25) is 0 Å². The maximum atomic E-state index is 5.78. The van der Waals surface area contributed by atoms with Crippen molar-refractivity contribution in [1.82, 2.24) is 15.2 Å². The highest BCUT2D eigenvalue weighted by atomic mass is 79.9. The summed E-state index contributed by atoms with van der Waals surface area (Å²) in [5.74, 6) is 5.76. The maximum absolute atomic E-state index is 5.78. The third kappa shape index (κ3) is 2.33. The van der Waals surface area contributed by atoms with Gasteiger partial charge < -0.3 is 9.47 Å². The summed E-state index contributed by atoms with van der Waals surface area (Å²) in [6.45, 7) is 1.36. The van der Waals surface area contributed by atoms with Crippen LogP contribution >= 0.6 is 15.9 Å². The van der Waals surface area contributed by atoms with Crippen LogP contribution in [0.5, 0.6) is 0 Å². The average Bonchev–Trinajstić information content (AvgIpc) is 2.73. The highest BCUT2D eigenvalue weighted by Gasteiger charge is 2.43. The van der Waals surface area contributed by atoms with Crippen molar-refractivity contribution in [3.05, 3.63) is 16.4 Å². The van der Waals surface area contributed by atoms with Gasteiger partial charge in [-0.05, 0) is 15.9 Å². The van der Waals surface area contributed by atoms with E-state index in [1.807, 2.05) is 11.7 Å². The van der Waals surface area contributed by atoms with Crippen molar-refractivity contribution in [2.45, 2.75) is 24.5 Å². The molecule has 0 aromatic carbocycles. The van der Waals surface area contributed by atoms with Crippen LogP contribution in [-0.2, 0) is 16.5 Å². The van der Waals surface area contributed by atoms with Crippen LogP contribution in [0.3, 0.4) is 0 Å². The molecule has 1 aromatic rings. The first-order valence-electron chi connectivity index (χ1n) is 5.91. The zero-order valence-electron chi connectivity index (χ0n) is 10.6. The molecule has 0 bridgehead atoms. The number of hydrogen-bond acceptors (Lipinski definition) is 5. The maximum Gasteiger partial charge on any atom is 0.0944 e. The predicted molar refractivity (Wildman–Crippen MR) is 70.8 cm³/mol. The summed E-state index contributed by atoms with van der Waals surface area (Å²) in [5.41, 5.74) is 3.51. The molecule has 3 N–H and O–H groups in total. The Hall–Kier alpha value is -0.470. The number of halogens is 1. The number of ether oxygens (including phenoxy) is 2. The van der Waals surface area contributed by atoms with Gasteiger partial charge in [-0.1, -0.05) is 0 Å². The summed E-state index contributed by atoms with van der Waals surface area (Å²) in [6, 6.07) is -0.131. The number of aromatic nitrogens is 2. The van der Waals surface area contributed by atoms with Crippen molar-refractivity contribution in [3.8, 4) is 0 Å². The van der Waals surface area contributed by atoms with Crippen LogP contribution < -0.4 is 11.3 Å². The molecule has 0 aliphatic carbocycles. The molecule has 2 rings (SSSR count). The monoisotopic (exact) mass is 318 g/mol. The second kappa shape index (κ2) is 5.66. The largest absolute Gasteiger partial charge is 0.381 e. The molecule has 18 heavy (non-hydrogen) atoms. The number of aryl methyl sites for hydroxylation is 1. The SMILES string of the molecule is COC1(C(NN)c2c(Br)cnn2C)CCOCC1. The van der Waals surface area contributed by atoms with Crippen molar-refractivity contribution in [1.29, 1.82) is 0 Å². The predicted octanol–water partition coefficient (Wildman–Crippen LogP) is 0.883. The van der Waals surface area contributed by atoms with Crippen molar-refractivity contribution in [2.24, 2.45) is 12.9 Å². The van der Waals surface area contributed by atoms with Gasteiger partial charge in [0.25, 0.3) is 0 Å². The van der Waals surface area contributed by atoms with Crippen molar-refractivity contribution >= 4 is 15.9 Å². The summed E-state index contributed by atoms with van der Waals surface area (Å²) in [6.07, 6.45) is 3.37. The molecule has 7 heteroatoms. The molecule has 1 fully saturated rings. The Morgan fingerprint density at radius 1 is 1.61 bits per heavy atom. The molecule has 6 nitrogen and oxygen atoms in total. The van der Waals surface area contributed by atoms with Crippen LogP contribution in [0.4, 0.5) is 0 Å². The molecule has 0 saturated carbocycles. The van der Waals surface area contributed by atoms with E-state index in [-0.39, 0.29) is 11.6 Å². The second-order valence-electron chi connectivity index (χ2n) is 4.48. The van der Waals surface area contributed by atoms with E-state index in [9.17, 15) is 0 Å². The highest BCUT2D eigenvalue weighted by molar-refractivity contribution is 9.10. The van der Waals surface area contributed by atoms with Gasteiger partial charge in [0.2, 0.25) is 0 Å². The Morgan fingerprint density at radius 2 is 2.28 bits per heavy atom. The molecule has 1 aliphatic heterocycles. The molecule has 0 radical (unpaired) electrons. The minimum Gasteiger partial charge on any atom is -0.381 e. The van der Waals surface area contributed by atoms with Crippen LogP contribution in [0.25, 0.3) is 0 Å². The van der Waals surface area contributed by atoms with Crippen LogP contribution in [0.15, 0.2) is 10.7 Å². The van der Waals surface area contributed by atoms with Crippen LogP contribution in [0, 0.1) is 0 Å². The molecule has 1 aromatic heterocycles. The fraction of sp³-hybridized carbons (Fsp3) is 0.727. The van der Waals surface area contributed by atoms with Gasteiger partial charge in [-0.25, -0.2) is 5.43 Å². The fourth-order valence-corrected chi connectivity index (χ4v) is 3.13. The van der Waals surface area contributed by atoms with Gasteiger partial charge in [0, 0.05) is 40.2 Å². The molecule has 1 saturated heterocycles. The number of hydrazine groups is 1. The number of nitrogens with two attached hydrogens (primary N) is 1. The molecular weight excluding hydrogens is 300 g/mol. The standard InChI is InChI=1S/C11H19BrN4O2/c1-16-9(8(12)7-14-16)10(15-13)11(17-2)3-5-18-6-4-11/h7,10,15H,3-6,13H2,1-2H3. The lowest BCUT2D eigenvalue weighted by molar-refractivity contribution is -0.113. The van der Waals surface area contributed by atoms with E-state index in [1.54, 1.807) is 13.3 Å². The zero-order valence-corrected chi connectivity index (χ0v) is 12.2. The minimum absolute atomic E-state index is 0.131. The van der Waals surface area contributed by atoms with Gasteiger partial charge in [-0.15, -0.1) is 0 Å². The molecule has 1 unspecified atom stereocenters. The fourth-order valence-electron chi connectivity index (χ4n) is 2.55. The summed E-state index contributed by atoms with van der Waals surface area (Å²) in [4.78, 5) is 0. The molecule has 1 aliphatic rings. The topological polar surface area (TPSA) is 74.3 Å². The van der Waals surface area contributed by atoms with Crippen LogP contribution in [-0.4, -0.2) is 35.7 Å². The first-order chi connectivity index (χ1) is 8.64. The third-order valence-electron chi connectivity index (χ3n) is 3.65. The number of hydrogen-bond donors (Lipinski definition) is 2. The second-order valence-corrected chi connectivity index (χ2v) is 5.34. The highest BCUT2D eigenvalue weighted by Crippen LogP contribution is 2.39. The summed E-state index contributed by atoms with van der Waals surface area (Å²) in [7, 11) is 3.62. The number of methoxy groups -OCH3 is 1. The Morgan fingerprint density at radius 3 is 2.72 bits per heavy atom. The van der Waals surface area contributed by atoms with E-state index in [1.165, 1.54) is 0 Å². The molecular formula is C11H19BrN4O2. The van der Waals surface area contributed by atoms with Gasteiger partial charge >= 0.3 is 0 Å². The smallest absolute Gasteiger partial charge is 0.0944 e. The lowest BCUT2D eigenvalue weighted by Gasteiger charge is -2.42. The number of rotatable bonds is 4. The van der Waals surface area contributed by atoms with Crippen LogP contribution in [0.1, 0.15) is 24.6 Å². The quantitative estimate of drug-likeness (QED) is 0.637. The number of nitrogens with zero attached hydrogens (tertiary/aromatic N) is 2. The summed E-state index contributed by atoms with van der Waals surface area (Å²) >= 11 is 3.51. The number of nitrogens with one attached hydrogen (secondary N) is 1. The lowest BCUT2D eigenvalue weighted by Crippen LogP contribution is -2.51. The molecule has 1 atom stereocenters. The van der Waals surface area contributed by atoms with Gasteiger partial charge in [-0.2, -0.15) is 5.10 Å². The Bertz CT molecular complexity index is 384. The molecule has 2 heterocycles. The first-order valence-corrected chi connectivity index (χ1v) is 6.70. The lowest BCUT2D eigenvalue weighted by atomic mass is 9.84. The Balaban J connectivity index is 2.37. The van der Waals surface area contributed by atoms with Crippen molar-refractivity contribution < 1.29 is 9.47 Å². The third-order valence-corrected chi connectivity index (χ3v) is 4.26. The van der Waals surface area contributed by atoms with Crippen molar-refractivity contribution in [2.75, 3.05) is 20.3 Å². The van der Waals surface area contributed by atoms with Crippen molar-refractivity contribution in [3.63, 3.8) is 0 Å². The van der Waals surface area contributed by atoms with E-state index in [4.69, 9.17) is 15.3 Å². The molecule has 0 amide bonds. The molecule has 0 spiro atoms. The first kappa shape index (κ1) is 14.0. The van der Waals surface area contributed by atoms with E-state index in [0.29, 0.717) is 13.2 Å². The van der Waals surface area contributed by atoms with E-state index in [2.05, 4.69) is 26.5 Å². The molecule has 102 valence electrons. The Labute approximate surface area is 115 Å². The van der Waals surface area contributed by atoms with E-state index < -0.39 is 0 Å². The summed E-state index contributed by atoms with van der Waals surface area (Å²) in [5, 5.41) is 4.23. The van der Waals surface area contributed by atoms with Gasteiger partial charge in [0.1, 0.15) is 0 Å². The van der Waals surface area contributed by atoms with E-state index in [0.717, 1.165) is 23.0 Å². The average molecular weight is 319 g/mol. The zero-order chi connectivity index (χ0) is 13.2. The Kier molecular flexibility index (Phi) is 4.39. The summed E-state index contributed by atoms with van der Waals surface area (Å²) < 4.78 is 13.9.